The van der Waals surface area contributed by atoms with Crippen molar-refractivity contribution in [3.05, 3.63) is 42.5 Å². The first kappa shape index (κ1) is 14.3. The van der Waals surface area contributed by atoms with E-state index in [0.717, 1.165) is 5.69 Å². The Balaban J connectivity index is 2.13. The first-order chi connectivity index (χ1) is 9.60. The highest BCUT2D eigenvalue weighted by Crippen LogP contribution is 2.20. The lowest BCUT2D eigenvalue weighted by molar-refractivity contribution is -0.113. The third-order valence-electron chi connectivity index (χ3n) is 2.58. The molecule has 0 radical (unpaired) electrons. The first-order valence-electron chi connectivity index (χ1n) is 5.82. The highest BCUT2D eigenvalue weighted by Gasteiger charge is 2.07. The molecule has 0 fully saturated rings. The Bertz CT molecular complexity index is 588. The van der Waals surface area contributed by atoms with E-state index in [4.69, 9.17) is 0 Å². The molecule has 2 aromatic rings. The number of carbonyl (C=O) groups is 1. The third kappa shape index (κ3) is 3.45. The van der Waals surface area contributed by atoms with E-state index >= 15 is 0 Å². The van der Waals surface area contributed by atoms with Crippen molar-refractivity contribution in [1.82, 2.24) is 9.97 Å². The van der Waals surface area contributed by atoms with E-state index in [-0.39, 0.29) is 17.5 Å². The molecule has 0 spiro atoms. The minimum absolute atomic E-state index is 0.0945. The van der Waals surface area contributed by atoms with Gasteiger partial charge in [0, 0.05) is 12.7 Å². The molecule has 0 bridgehead atoms. The van der Waals surface area contributed by atoms with Crippen LogP contribution in [0.3, 0.4) is 0 Å². The standard InChI is InChI=1S/C13H13FN4OS/c1-18(11-4-2-9(14)3-5-11)13-15-6-10(7-16-13)17-12(19)8-20/h2-7,20H,8H2,1H3,(H,17,19). The molecule has 2 rings (SSSR count). The fourth-order valence-electron chi connectivity index (χ4n) is 1.54. The lowest BCUT2D eigenvalue weighted by atomic mass is 10.3. The third-order valence-corrected chi connectivity index (χ3v) is 2.87. The van der Waals surface area contributed by atoms with E-state index in [1.165, 1.54) is 24.5 Å². The van der Waals surface area contributed by atoms with Crippen LogP contribution in [0, 0.1) is 5.82 Å². The number of rotatable bonds is 4. The number of benzene rings is 1. The monoisotopic (exact) mass is 292 g/mol. The van der Waals surface area contributed by atoms with Crippen molar-refractivity contribution < 1.29 is 9.18 Å². The number of nitrogens with one attached hydrogen (secondary N) is 1. The second-order valence-electron chi connectivity index (χ2n) is 4.01. The Labute approximate surface area is 121 Å². The molecular weight excluding hydrogens is 279 g/mol. The maximum absolute atomic E-state index is 12.9. The van der Waals surface area contributed by atoms with Gasteiger partial charge in [0.15, 0.2) is 0 Å². The maximum Gasteiger partial charge on any atom is 0.234 e. The van der Waals surface area contributed by atoms with E-state index in [1.54, 1.807) is 24.1 Å². The van der Waals surface area contributed by atoms with Crippen LogP contribution in [0.25, 0.3) is 0 Å². The largest absolute Gasteiger partial charge is 0.323 e. The Morgan fingerprint density at radius 1 is 1.30 bits per heavy atom. The zero-order valence-corrected chi connectivity index (χ0v) is 11.6. The van der Waals surface area contributed by atoms with Gasteiger partial charge in [-0.2, -0.15) is 12.6 Å². The molecule has 1 amide bonds. The summed E-state index contributed by atoms with van der Waals surface area (Å²) in [7, 11) is 1.77. The van der Waals surface area contributed by atoms with Crippen molar-refractivity contribution >= 4 is 35.9 Å². The minimum atomic E-state index is -0.298. The highest BCUT2D eigenvalue weighted by atomic mass is 32.1. The molecule has 104 valence electrons. The quantitative estimate of drug-likeness (QED) is 0.849. The number of nitrogens with zero attached hydrogens (tertiary/aromatic N) is 3. The molecule has 1 aromatic heterocycles. The predicted molar refractivity (Wildman–Crippen MR) is 79.0 cm³/mol. The number of amides is 1. The Kier molecular flexibility index (Phi) is 4.52. The second-order valence-corrected chi connectivity index (χ2v) is 4.33. The van der Waals surface area contributed by atoms with E-state index in [9.17, 15) is 9.18 Å². The van der Waals surface area contributed by atoms with Gasteiger partial charge in [-0.1, -0.05) is 0 Å². The molecule has 0 aliphatic heterocycles. The SMILES string of the molecule is CN(c1ccc(F)cc1)c1ncc(NC(=O)CS)cn1. The summed E-state index contributed by atoms with van der Waals surface area (Å²) in [6, 6.07) is 6.00. The zero-order chi connectivity index (χ0) is 14.5. The van der Waals surface area contributed by atoms with Crippen LogP contribution in [-0.4, -0.2) is 28.7 Å². The van der Waals surface area contributed by atoms with Gasteiger partial charge in [-0.25, -0.2) is 14.4 Å². The summed E-state index contributed by atoms with van der Waals surface area (Å²) in [6.07, 6.45) is 3.01. The average Bonchev–Trinajstić information content (AvgIpc) is 2.48. The fraction of sp³-hybridized carbons (Fsp3) is 0.154. The number of halogens is 1. The van der Waals surface area contributed by atoms with Crippen molar-refractivity contribution in [2.75, 3.05) is 23.0 Å². The van der Waals surface area contributed by atoms with Gasteiger partial charge in [-0.3, -0.25) is 4.79 Å². The van der Waals surface area contributed by atoms with Crippen LogP contribution in [0.2, 0.25) is 0 Å². The number of hydrogen-bond acceptors (Lipinski definition) is 5. The van der Waals surface area contributed by atoms with Crippen LogP contribution in [0.15, 0.2) is 36.7 Å². The Morgan fingerprint density at radius 2 is 1.90 bits per heavy atom. The van der Waals surface area contributed by atoms with Crippen molar-refractivity contribution in [1.29, 1.82) is 0 Å². The summed E-state index contributed by atoms with van der Waals surface area (Å²) in [4.78, 5) is 21.2. The van der Waals surface area contributed by atoms with Crippen LogP contribution >= 0.6 is 12.6 Å². The van der Waals surface area contributed by atoms with E-state index in [0.29, 0.717) is 11.6 Å². The van der Waals surface area contributed by atoms with Crippen LogP contribution < -0.4 is 10.2 Å². The molecule has 7 heteroatoms. The smallest absolute Gasteiger partial charge is 0.234 e. The summed E-state index contributed by atoms with van der Waals surface area (Å²) in [6.45, 7) is 0. The number of carbonyl (C=O) groups excluding carboxylic acids is 1. The summed E-state index contributed by atoms with van der Waals surface area (Å²) in [5.41, 5.74) is 1.26. The summed E-state index contributed by atoms with van der Waals surface area (Å²) in [5, 5.41) is 2.60. The minimum Gasteiger partial charge on any atom is -0.323 e. The molecule has 0 saturated heterocycles. The molecule has 1 N–H and O–H groups in total. The predicted octanol–water partition coefficient (Wildman–Crippen LogP) is 2.25. The normalized spacial score (nSPS) is 10.2. The second kappa shape index (κ2) is 6.33. The van der Waals surface area contributed by atoms with Crippen LogP contribution in [-0.2, 0) is 4.79 Å². The zero-order valence-electron chi connectivity index (χ0n) is 10.7. The van der Waals surface area contributed by atoms with E-state index in [1.807, 2.05) is 0 Å². The fourth-order valence-corrected chi connectivity index (χ4v) is 1.62. The summed E-state index contributed by atoms with van der Waals surface area (Å²) in [5.74, 6) is 0.0157. The number of hydrogen-bond donors (Lipinski definition) is 2. The molecule has 1 heterocycles. The Hall–Kier alpha value is -2.15. The molecule has 1 aromatic carbocycles. The Morgan fingerprint density at radius 3 is 2.45 bits per heavy atom. The van der Waals surface area contributed by atoms with Gasteiger partial charge in [0.25, 0.3) is 0 Å². The maximum atomic E-state index is 12.9. The molecule has 0 atom stereocenters. The summed E-state index contributed by atoms with van der Waals surface area (Å²) < 4.78 is 12.9. The highest BCUT2D eigenvalue weighted by molar-refractivity contribution is 7.81. The van der Waals surface area contributed by atoms with Gasteiger partial charge < -0.3 is 10.2 Å². The molecule has 0 aliphatic carbocycles. The molecule has 0 aliphatic rings. The molecule has 0 unspecified atom stereocenters. The van der Waals surface area contributed by atoms with Crippen molar-refractivity contribution in [2.24, 2.45) is 0 Å². The van der Waals surface area contributed by atoms with Gasteiger partial charge in [-0.15, -0.1) is 0 Å². The van der Waals surface area contributed by atoms with Gasteiger partial charge in [0.1, 0.15) is 5.82 Å². The van der Waals surface area contributed by atoms with E-state index in [2.05, 4.69) is 27.9 Å². The summed E-state index contributed by atoms with van der Waals surface area (Å²) >= 11 is 3.86. The molecule has 0 saturated carbocycles. The lowest BCUT2D eigenvalue weighted by Crippen LogP contribution is -2.15. The lowest BCUT2D eigenvalue weighted by Gasteiger charge is -2.17. The van der Waals surface area contributed by atoms with Crippen LogP contribution in [0.1, 0.15) is 0 Å². The average molecular weight is 292 g/mol. The molecular formula is C13H13FN4OS. The first-order valence-corrected chi connectivity index (χ1v) is 6.45. The van der Waals surface area contributed by atoms with E-state index < -0.39 is 0 Å². The van der Waals surface area contributed by atoms with Crippen molar-refractivity contribution in [3.63, 3.8) is 0 Å². The van der Waals surface area contributed by atoms with Crippen molar-refractivity contribution in [3.8, 4) is 0 Å². The molecule has 5 nitrogen and oxygen atoms in total. The molecule has 20 heavy (non-hydrogen) atoms. The van der Waals surface area contributed by atoms with Crippen LogP contribution in [0.4, 0.5) is 21.7 Å². The van der Waals surface area contributed by atoms with Crippen molar-refractivity contribution in [2.45, 2.75) is 0 Å². The van der Waals surface area contributed by atoms with Gasteiger partial charge in [0.05, 0.1) is 23.8 Å². The van der Waals surface area contributed by atoms with Gasteiger partial charge >= 0.3 is 0 Å². The number of anilines is 3. The van der Waals surface area contributed by atoms with Crippen LogP contribution in [0.5, 0.6) is 0 Å². The van der Waals surface area contributed by atoms with Gasteiger partial charge in [-0.05, 0) is 24.3 Å². The van der Waals surface area contributed by atoms with Gasteiger partial charge in [0.2, 0.25) is 11.9 Å². The number of thiol groups is 1. The number of aromatic nitrogens is 2. The topological polar surface area (TPSA) is 58.1 Å².